The van der Waals surface area contributed by atoms with E-state index >= 15 is 0 Å². The van der Waals surface area contributed by atoms with Crippen molar-refractivity contribution >= 4 is 12.0 Å². The number of carbonyl (C=O) groups excluding carboxylic acids is 2. The van der Waals surface area contributed by atoms with Gasteiger partial charge in [-0.2, -0.15) is 0 Å². The summed E-state index contributed by atoms with van der Waals surface area (Å²) in [6, 6.07) is 16.5. The lowest BCUT2D eigenvalue weighted by Crippen LogP contribution is -2.51. The SMILES string of the molecule is COCCCOc1cccc(-n2c(-c3ccccc3)c(C(=O)N3CCN(C(=O)OC(C)(C)C)CC3)[nH]c2=O)c1. The van der Waals surface area contributed by atoms with Crippen molar-refractivity contribution in [1.29, 1.82) is 0 Å². The van der Waals surface area contributed by atoms with E-state index in [1.807, 2.05) is 63.2 Å². The zero-order valence-electron chi connectivity index (χ0n) is 22.9. The zero-order chi connectivity index (χ0) is 28.0. The summed E-state index contributed by atoms with van der Waals surface area (Å²) in [5.74, 6) is 0.308. The van der Waals surface area contributed by atoms with Crippen LogP contribution in [0, 0.1) is 0 Å². The first-order valence-corrected chi connectivity index (χ1v) is 13.1. The first-order chi connectivity index (χ1) is 18.7. The Bertz CT molecular complexity index is 1330. The Morgan fingerprint density at radius 1 is 0.923 bits per heavy atom. The molecule has 1 fully saturated rings. The van der Waals surface area contributed by atoms with E-state index < -0.39 is 17.4 Å². The maximum absolute atomic E-state index is 13.7. The number of benzene rings is 2. The molecule has 39 heavy (non-hydrogen) atoms. The van der Waals surface area contributed by atoms with Crippen LogP contribution in [0.4, 0.5) is 4.79 Å². The molecule has 10 heteroatoms. The van der Waals surface area contributed by atoms with Gasteiger partial charge in [-0.15, -0.1) is 0 Å². The van der Waals surface area contributed by atoms with Crippen LogP contribution in [0.2, 0.25) is 0 Å². The summed E-state index contributed by atoms with van der Waals surface area (Å²) in [6.45, 7) is 7.86. The fourth-order valence-electron chi connectivity index (χ4n) is 4.39. The number of piperazine rings is 1. The van der Waals surface area contributed by atoms with Crippen molar-refractivity contribution in [2.75, 3.05) is 46.5 Å². The molecule has 0 unspecified atom stereocenters. The van der Waals surface area contributed by atoms with Gasteiger partial charge in [0.1, 0.15) is 17.0 Å². The summed E-state index contributed by atoms with van der Waals surface area (Å²) in [5.41, 5.74) is 0.941. The van der Waals surface area contributed by atoms with Crippen molar-refractivity contribution in [3.8, 4) is 22.7 Å². The zero-order valence-corrected chi connectivity index (χ0v) is 22.9. The van der Waals surface area contributed by atoms with E-state index in [9.17, 15) is 14.4 Å². The van der Waals surface area contributed by atoms with E-state index in [1.54, 1.807) is 29.0 Å². The number of hydrogen-bond acceptors (Lipinski definition) is 6. The highest BCUT2D eigenvalue weighted by Gasteiger charge is 2.31. The normalized spacial score (nSPS) is 13.8. The molecule has 0 aliphatic carbocycles. The molecule has 0 saturated carbocycles. The average molecular weight is 537 g/mol. The maximum atomic E-state index is 13.7. The van der Waals surface area contributed by atoms with Crippen LogP contribution in [0.1, 0.15) is 37.7 Å². The van der Waals surface area contributed by atoms with Crippen molar-refractivity contribution in [2.45, 2.75) is 32.8 Å². The number of H-pyrrole nitrogens is 1. The van der Waals surface area contributed by atoms with Crippen LogP contribution in [-0.2, 0) is 9.47 Å². The third-order valence-electron chi connectivity index (χ3n) is 6.21. The van der Waals surface area contributed by atoms with E-state index in [0.29, 0.717) is 56.5 Å². The van der Waals surface area contributed by atoms with Gasteiger partial charge in [-0.1, -0.05) is 36.4 Å². The summed E-state index contributed by atoms with van der Waals surface area (Å²) in [7, 11) is 1.64. The molecule has 4 rings (SSSR count). The minimum Gasteiger partial charge on any atom is -0.493 e. The molecule has 1 aromatic heterocycles. The third kappa shape index (κ3) is 6.88. The van der Waals surface area contributed by atoms with Gasteiger partial charge in [0, 0.05) is 57.9 Å². The number of nitrogens with zero attached hydrogens (tertiary/aromatic N) is 3. The second-order valence-corrected chi connectivity index (χ2v) is 10.3. The third-order valence-corrected chi connectivity index (χ3v) is 6.21. The van der Waals surface area contributed by atoms with E-state index in [4.69, 9.17) is 14.2 Å². The van der Waals surface area contributed by atoms with Crippen molar-refractivity contribution in [3.05, 3.63) is 70.8 Å². The standard InChI is InChI=1S/C29H36N4O6/c1-29(2,3)39-28(36)32-16-14-31(15-17-32)26(34)24-25(21-10-6-5-7-11-21)33(27(35)30-24)22-12-8-13-23(20-22)38-19-9-18-37-4/h5-8,10-13,20H,9,14-19H2,1-4H3,(H,30,35). The molecule has 0 radical (unpaired) electrons. The van der Waals surface area contributed by atoms with Crippen molar-refractivity contribution in [2.24, 2.45) is 0 Å². The van der Waals surface area contributed by atoms with E-state index in [0.717, 1.165) is 12.0 Å². The predicted octanol–water partition coefficient (Wildman–Crippen LogP) is 3.94. The lowest BCUT2D eigenvalue weighted by molar-refractivity contribution is 0.0140. The van der Waals surface area contributed by atoms with Gasteiger partial charge in [0.25, 0.3) is 5.91 Å². The van der Waals surface area contributed by atoms with Crippen LogP contribution in [0.5, 0.6) is 5.75 Å². The second-order valence-electron chi connectivity index (χ2n) is 10.3. The van der Waals surface area contributed by atoms with Gasteiger partial charge in [0.05, 0.1) is 18.0 Å². The largest absolute Gasteiger partial charge is 0.493 e. The fraction of sp³-hybridized carbons (Fsp3) is 0.414. The Morgan fingerprint density at radius 2 is 1.62 bits per heavy atom. The van der Waals surface area contributed by atoms with Crippen LogP contribution in [0.3, 0.4) is 0 Å². The molecular formula is C29H36N4O6. The Balaban J connectivity index is 1.62. The molecule has 10 nitrogen and oxygen atoms in total. The number of aromatic amines is 1. The number of ether oxygens (including phenoxy) is 3. The molecule has 2 aromatic carbocycles. The fourth-order valence-corrected chi connectivity index (χ4v) is 4.39. The van der Waals surface area contributed by atoms with Crippen LogP contribution in [0.25, 0.3) is 16.9 Å². The summed E-state index contributed by atoms with van der Waals surface area (Å²) >= 11 is 0. The van der Waals surface area contributed by atoms with Gasteiger partial charge in [-0.05, 0) is 32.9 Å². The Hall–Kier alpha value is -4.05. The molecule has 0 spiro atoms. The van der Waals surface area contributed by atoms with Gasteiger partial charge in [-0.3, -0.25) is 9.36 Å². The Morgan fingerprint density at radius 3 is 2.28 bits per heavy atom. The minimum absolute atomic E-state index is 0.198. The van der Waals surface area contributed by atoms with Crippen LogP contribution in [-0.4, -0.2) is 83.5 Å². The first-order valence-electron chi connectivity index (χ1n) is 13.1. The second kappa shape index (κ2) is 12.2. The number of imidazole rings is 1. The lowest BCUT2D eigenvalue weighted by Gasteiger charge is -2.35. The van der Waals surface area contributed by atoms with E-state index in [-0.39, 0.29) is 11.6 Å². The number of hydrogen-bond donors (Lipinski definition) is 1. The molecule has 3 aromatic rings. The first kappa shape index (κ1) is 28.0. The molecule has 208 valence electrons. The average Bonchev–Trinajstić information content (AvgIpc) is 3.27. The van der Waals surface area contributed by atoms with Crippen LogP contribution < -0.4 is 10.4 Å². The Kier molecular flexibility index (Phi) is 8.75. The molecule has 1 aliphatic heterocycles. The van der Waals surface area contributed by atoms with Gasteiger partial charge in [0.15, 0.2) is 0 Å². The monoisotopic (exact) mass is 536 g/mol. The molecule has 0 bridgehead atoms. The maximum Gasteiger partial charge on any atom is 0.410 e. The number of amides is 2. The topological polar surface area (TPSA) is 106 Å². The van der Waals surface area contributed by atoms with Crippen LogP contribution >= 0.6 is 0 Å². The van der Waals surface area contributed by atoms with Crippen molar-refractivity contribution in [1.82, 2.24) is 19.4 Å². The Labute approximate surface area is 228 Å². The molecule has 1 N–H and O–H groups in total. The number of carbonyl (C=O) groups is 2. The molecule has 1 saturated heterocycles. The number of aromatic nitrogens is 2. The minimum atomic E-state index is -0.594. The van der Waals surface area contributed by atoms with Gasteiger partial charge in [0.2, 0.25) is 0 Å². The molecular weight excluding hydrogens is 500 g/mol. The summed E-state index contributed by atoms with van der Waals surface area (Å²) in [4.78, 5) is 45.6. The van der Waals surface area contributed by atoms with Gasteiger partial charge < -0.3 is 29.0 Å². The van der Waals surface area contributed by atoms with Crippen molar-refractivity contribution in [3.63, 3.8) is 0 Å². The van der Waals surface area contributed by atoms with E-state index in [2.05, 4.69) is 4.98 Å². The highest BCUT2D eigenvalue weighted by atomic mass is 16.6. The number of rotatable bonds is 8. The number of methoxy groups -OCH3 is 1. The summed E-state index contributed by atoms with van der Waals surface area (Å²) in [5, 5.41) is 0. The molecule has 2 amide bonds. The molecule has 0 atom stereocenters. The highest BCUT2D eigenvalue weighted by Crippen LogP contribution is 2.27. The lowest BCUT2D eigenvalue weighted by atomic mass is 10.1. The summed E-state index contributed by atoms with van der Waals surface area (Å²) in [6.07, 6.45) is 0.336. The molecule has 2 heterocycles. The quantitative estimate of drug-likeness (QED) is 0.437. The van der Waals surface area contributed by atoms with Gasteiger partial charge >= 0.3 is 11.8 Å². The predicted molar refractivity (Wildman–Crippen MR) is 148 cm³/mol. The number of nitrogens with one attached hydrogen (secondary N) is 1. The van der Waals surface area contributed by atoms with Gasteiger partial charge in [-0.25, -0.2) is 9.59 Å². The summed E-state index contributed by atoms with van der Waals surface area (Å²) < 4.78 is 17.9. The molecule has 1 aliphatic rings. The van der Waals surface area contributed by atoms with Crippen molar-refractivity contribution < 1.29 is 23.8 Å². The highest BCUT2D eigenvalue weighted by molar-refractivity contribution is 5.98. The van der Waals surface area contributed by atoms with Crippen LogP contribution in [0.15, 0.2) is 59.4 Å². The van der Waals surface area contributed by atoms with E-state index in [1.165, 1.54) is 4.57 Å². The smallest absolute Gasteiger partial charge is 0.410 e.